The first kappa shape index (κ1) is 15.5. The highest BCUT2D eigenvalue weighted by molar-refractivity contribution is 5.78. The summed E-state index contributed by atoms with van der Waals surface area (Å²) in [6.45, 7) is 0.395. The Kier molecular flexibility index (Phi) is 5.82. The average Bonchev–Trinajstić information content (AvgIpc) is 2.35. The van der Waals surface area contributed by atoms with Crippen molar-refractivity contribution in [2.45, 2.75) is 25.6 Å². The Balaban J connectivity index is 2.42. The van der Waals surface area contributed by atoms with Gasteiger partial charge in [-0.05, 0) is 12.0 Å². The van der Waals surface area contributed by atoms with Crippen molar-refractivity contribution in [2.75, 3.05) is 13.1 Å². The SMILES string of the molecule is CCC(NC(=O)CNCC(F)(F)F)c1ccccc1. The first-order valence-corrected chi connectivity index (χ1v) is 6.04. The van der Waals surface area contributed by atoms with E-state index in [0.717, 1.165) is 5.56 Å². The van der Waals surface area contributed by atoms with Gasteiger partial charge in [0, 0.05) is 0 Å². The molecule has 0 bridgehead atoms. The van der Waals surface area contributed by atoms with Crippen LogP contribution in [-0.4, -0.2) is 25.2 Å². The van der Waals surface area contributed by atoms with Gasteiger partial charge in [0.15, 0.2) is 0 Å². The van der Waals surface area contributed by atoms with Crippen molar-refractivity contribution in [3.63, 3.8) is 0 Å². The molecule has 1 unspecified atom stereocenters. The average molecular weight is 274 g/mol. The molecular weight excluding hydrogens is 257 g/mol. The highest BCUT2D eigenvalue weighted by Gasteiger charge is 2.26. The van der Waals surface area contributed by atoms with Crippen molar-refractivity contribution in [3.8, 4) is 0 Å². The van der Waals surface area contributed by atoms with Gasteiger partial charge in [-0.25, -0.2) is 0 Å². The Bertz CT molecular complexity index is 393. The lowest BCUT2D eigenvalue weighted by molar-refractivity contribution is -0.128. The molecule has 0 saturated heterocycles. The lowest BCUT2D eigenvalue weighted by Gasteiger charge is -2.17. The number of benzene rings is 1. The Hall–Kier alpha value is -1.56. The van der Waals surface area contributed by atoms with Gasteiger partial charge in [-0.3, -0.25) is 4.79 Å². The molecule has 3 nitrogen and oxygen atoms in total. The van der Waals surface area contributed by atoms with Crippen molar-refractivity contribution in [2.24, 2.45) is 0 Å². The fraction of sp³-hybridized carbons (Fsp3) is 0.462. The molecule has 19 heavy (non-hydrogen) atoms. The predicted octanol–water partition coefficient (Wildman–Crippen LogP) is 2.41. The fourth-order valence-electron chi connectivity index (χ4n) is 1.67. The summed E-state index contributed by atoms with van der Waals surface area (Å²) < 4.78 is 35.7. The van der Waals surface area contributed by atoms with E-state index < -0.39 is 18.6 Å². The first-order chi connectivity index (χ1) is 8.92. The molecule has 106 valence electrons. The Labute approximate surface area is 110 Å². The number of halogens is 3. The molecule has 0 spiro atoms. The number of carbonyl (C=O) groups is 1. The zero-order valence-corrected chi connectivity index (χ0v) is 10.6. The number of hydrogen-bond acceptors (Lipinski definition) is 2. The van der Waals surface area contributed by atoms with E-state index in [0.29, 0.717) is 6.42 Å². The molecule has 0 aliphatic carbocycles. The molecule has 6 heteroatoms. The summed E-state index contributed by atoms with van der Waals surface area (Å²) >= 11 is 0. The number of hydrogen-bond donors (Lipinski definition) is 2. The quantitative estimate of drug-likeness (QED) is 0.836. The number of alkyl halides is 3. The Morgan fingerprint density at radius 1 is 1.26 bits per heavy atom. The largest absolute Gasteiger partial charge is 0.401 e. The molecular formula is C13H17F3N2O. The topological polar surface area (TPSA) is 41.1 Å². The van der Waals surface area contributed by atoms with Crippen molar-refractivity contribution in [1.29, 1.82) is 0 Å². The summed E-state index contributed by atoms with van der Waals surface area (Å²) in [7, 11) is 0. The second-order valence-corrected chi connectivity index (χ2v) is 4.16. The molecule has 0 aliphatic rings. The van der Waals surface area contributed by atoms with E-state index in [4.69, 9.17) is 0 Å². The van der Waals surface area contributed by atoms with Gasteiger partial charge in [0.1, 0.15) is 0 Å². The molecule has 0 heterocycles. The summed E-state index contributed by atoms with van der Waals surface area (Å²) in [6.07, 6.45) is -3.63. The first-order valence-electron chi connectivity index (χ1n) is 6.04. The number of carbonyl (C=O) groups excluding carboxylic acids is 1. The van der Waals surface area contributed by atoms with Gasteiger partial charge in [-0.15, -0.1) is 0 Å². The highest BCUT2D eigenvalue weighted by atomic mass is 19.4. The summed E-state index contributed by atoms with van der Waals surface area (Å²) in [5, 5.41) is 4.77. The third-order valence-corrected chi connectivity index (χ3v) is 2.56. The van der Waals surface area contributed by atoms with Crippen LogP contribution in [0.2, 0.25) is 0 Å². The van der Waals surface area contributed by atoms with Gasteiger partial charge < -0.3 is 10.6 Å². The van der Waals surface area contributed by atoms with E-state index in [9.17, 15) is 18.0 Å². The fourth-order valence-corrected chi connectivity index (χ4v) is 1.67. The van der Waals surface area contributed by atoms with Gasteiger partial charge in [0.2, 0.25) is 5.91 Å². The van der Waals surface area contributed by atoms with Crippen molar-refractivity contribution >= 4 is 5.91 Å². The van der Waals surface area contributed by atoms with Crippen LogP contribution < -0.4 is 10.6 Å². The Morgan fingerprint density at radius 3 is 2.42 bits per heavy atom. The van der Waals surface area contributed by atoms with E-state index in [-0.39, 0.29) is 12.6 Å². The molecule has 1 rings (SSSR count). The van der Waals surface area contributed by atoms with Crippen LogP contribution in [0.25, 0.3) is 0 Å². The third kappa shape index (κ3) is 6.24. The van der Waals surface area contributed by atoms with Gasteiger partial charge in [-0.1, -0.05) is 37.3 Å². The number of nitrogens with one attached hydrogen (secondary N) is 2. The molecule has 1 atom stereocenters. The van der Waals surface area contributed by atoms with E-state index in [2.05, 4.69) is 10.6 Å². The highest BCUT2D eigenvalue weighted by Crippen LogP contribution is 2.15. The van der Waals surface area contributed by atoms with Gasteiger partial charge in [0.25, 0.3) is 0 Å². The minimum absolute atomic E-state index is 0.179. The van der Waals surface area contributed by atoms with Gasteiger partial charge in [0.05, 0.1) is 19.1 Å². The van der Waals surface area contributed by atoms with Crippen LogP contribution in [-0.2, 0) is 4.79 Å². The lowest BCUT2D eigenvalue weighted by atomic mass is 10.0. The predicted molar refractivity (Wildman–Crippen MR) is 66.5 cm³/mol. The summed E-state index contributed by atoms with van der Waals surface area (Å²) in [6, 6.07) is 9.14. The summed E-state index contributed by atoms with van der Waals surface area (Å²) in [4.78, 5) is 11.5. The van der Waals surface area contributed by atoms with Crippen LogP contribution >= 0.6 is 0 Å². The maximum atomic E-state index is 11.9. The summed E-state index contributed by atoms with van der Waals surface area (Å²) in [5.41, 5.74) is 0.939. The molecule has 1 aromatic rings. The van der Waals surface area contributed by atoms with Crippen LogP contribution in [0.4, 0.5) is 13.2 Å². The monoisotopic (exact) mass is 274 g/mol. The maximum Gasteiger partial charge on any atom is 0.401 e. The minimum Gasteiger partial charge on any atom is -0.348 e. The number of amides is 1. The van der Waals surface area contributed by atoms with Crippen LogP contribution in [0.15, 0.2) is 30.3 Å². The zero-order valence-electron chi connectivity index (χ0n) is 10.6. The van der Waals surface area contributed by atoms with Gasteiger partial charge >= 0.3 is 6.18 Å². The van der Waals surface area contributed by atoms with E-state index in [1.807, 2.05) is 37.3 Å². The van der Waals surface area contributed by atoms with Gasteiger partial charge in [-0.2, -0.15) is 13.2 Å². The Morgan fingerprint density at radius 2 is 1.89 bits per heavy atom. The molecule has 0 aliphatic heterocycles. The zero-order chi connectivity index (χ0) is 14.3. The minimum atomic E-state index is -4.30. The van der Waals surface area contributed by atoms with Crippen molar-refractivity contribution in [1.82, 2.24) is 10.6 Å². The second kappa shape index (κ2) is 7.13. The van der Waals surface area contributed by atoms with Crippen LogP contribution in [0.5, 0.6) is 0 Å². The molecule has 0 fully saturated rings. The van der Waals surface area contributed by atoms with Crippen molar-refractivity contribution in [3.05, 3.63) is 35.9 Å². The molecule has 1 amide bonds. The normalized spacial score (nSPS) is 13.1. The van der Waals surface area contributed by atoms with Crippen LogP contribution in [0, 0.1) is 0 Å². The third-order valence-electron chi connectivity index (χ3n) is 2.56. The van der Waals surface area contributed by atoms with Crippen LogP contribution in [0.1, 0.15) is 24.9 Å². The molecule has 1 aromatic carbocycles. The molecule has 0 aromatic heterocycles. The van der Waals surface area contributed by atoms with Crippen LogP contribution in [0.3, 0.4) is 0 Å². The second-order valence-electron chi connectivity index (χ2n) is 4.16. The molecule has 0 saturated carbocycles. The standard InChI is InChI=1S/C13H17F3N2O/c1-2-11(10-6-4-3-5-7-10)18-12(19)8-17-9-13(14,15)16/h3-7,11,17H,2,8-9H2,1H3,(H,18,19). The molecule has 0 radical (unpaired) electrons. The van der Waals surface area contributed by atoms with E-state index in [1.54, 1.807) is 0 Å². The molecule has 2 N–H and O–H groups in total. The summed E-state index contributed by atoms with van der Waals surface area (Å²) in [5.74, 6) is -0.444. The van der Waals surface area contributed by atoms with Crippen molar-refractivity contribution < 1.29 is 18.0 Å². The smallest absolute Gasteiger partial charge is 0.348 e. The van der Waals surface area contributed by atoms with E-state index in [1.165, 1.54) is 0 Å². The van der Waals surface area contributed by atoms with E-state index >= 15 is 0 Å². The lowest BCUT2D eigenvalue weighted by Crippen LogP contribution is -2.39. The number of rotatable bonds is 6. The maximum absolute atomic E-state index is 11.9.